The van der Waals surface area contributed by atoms with E-state index in [0.717, 1.165) is 57.5 Å². The van der Waals surface area contributed by atoms with Crippen LogP contribution >= 0.6 is 0 Å². The minimum Gasteiger partial charge on any atom is -0.454 e. The van der Waals surface area contributed by atoms with E-state index in [1.54, 1.807) is 6.07 Å². The van der Waals surface area contributed by atoms with E-state index < -0.39 is 0 Å². The average molecular weight is 402 g/mol. The summed E-state index contributed by atoms with van der Waals surface area (Å²) < 4.78 is 10.7. The molecule has 7 heteroatoms. The Bertz CT molecular complexity index is 723. The number of carbonyl (C=O) groups is 2. The highest BCUT2D eigenvalue weighted by molar-refractivity contribution is 5.93. The molecule has 0 bridgehead atoms. The van der Waals surface area contributed by atoms with Crippen molar-refractivity contribution in [2.24, 2.45) is 5.92 Å². The van der Waals surface area contributed by atoms with Crippen LogP contribution in [0.25, 0.3) is 0 Å². The number of amides is 2. The minimum atomic E-state index is -0.0199. The molecule has 2 saturated heterocycles. The second kappa shape index (κ2) is 9.48. The lowest BCUT2D eigenvalue weighted by molar-refractivity contribution is -0.133. The summed E-state index contributed by atoms with van der Waals surface area (Å²) in [6.45, 7) is 4.08. The molecule has 0 aromatic heterocycles. The van der Waals surface area contributed by atoms with Gasteiger partial charge in [-0.15, -0.1) is 0 Å². The summed E-state index contributed by atoms with van der Waals surface area (Å²) in [7, 11) is 0. The number of nitrogens with zero attached hydrogens (tertiary/aromatic N) is 2. The van der Waals surface area contributed by atoms with Crippen LogP contribution in [-0.2, 0) is 9.59 Å². The van der Waals surface area contributed by atoms with Crippen molar-refractivity contribution in [2.45, 2.75) is 44.9 Å². The summed E-state index contributed by atoms with van der Waals surface area (Å²) in [6.07, 6.45) is 7.56. The standard InChI is InChI=1S/C22H31N3O4/c26-21(25-10-4-2-1-3-5-11-25)15-24-12-8-17(9-13-24)22(27)23-18-6-7-19-20(14-18)29-16-28-19/h6-7,14,17H,1-5,8-13,15-16H2,(H,23,27). The number of piperidine rings is 1. The molecule has 158 valence electrons. The van der Waals surface area contributed by atoms with Crippen LogP contribution < -0.4 is 14.8 Å². The van der Waals surface area contributed by atoms with Gasteiger partial charge in [0.1, 0.15) is 0 Å². The Hall–Kier alpha value is -2.28. The molecule has 3 aliphatic heterocycles. The van der Waals surface area contributed by atoms with E-state index >= 15 is 0 Å². The largest absolute Gasteiger partial charge is 0.454 e. The number of hydrogen-bond acceptors (Lipinski definition) is 5. The molecule has 0 radical (unpaired) electrons. The van der Waals surface area contributed by atoms with Gasteiger partial charge in [0.15, 0.2) is 11.5 Å². The van der Waals surface area contributed by atoms with Gasteiger partial charge in [-0.3, -0.25) is 14.5 Å². The first-order valence-corrected chi connectivity index (χ1v) is 10.9. The van der Waals surface area contributed by atoms with Gasteiger partial charge in [-0.1, -0.05) is 19.3 Å². The minimum absolute atomic E-state index is 0.0199. The van der Waals surface area contributed by atoms with Gasteiger partial charge in [-0.05, 0) is 50.9 Å². The van der Waals surface area contributed by atoms with Crippen LogP contribution in [0, 0.1) is 5.92 Å². The number of ether oxygens (including phenoxy) is 2. The maximum atomic E-state index is 12.7. The summed E-state index contributed by atoms with van der Waals surface area (Å²) in [4.78, 5) is 29.5. The van der Waals surface area contributed by atoms with Gasteiger partial charge in [0, 0.05) is 30.8 Å². The second-order valence-electron chi connectivity index (χ2n) is 8.26. The Morgan fingerprint density at radius 1 is 0.931 bits per heavy atom. The summed E-state index contributed by atoms with van der Waals surface area (Å²) in [5.74, 6) is 1.64. The molecule has 0 atom stereocenters. The molecule has 0 spiro atoms. The maximum Gasteiger partial charge on any atom is 0.236 e. The summed E-state index contributed by atoms with van der Waals surface area (Å²) in [6, 6.07) is 5.46. The first-order valence-electron chi connectivity index (χ1n) is 10.9. The number of carbonyl (C=O) groups excluding carboxylic acids is 2. The zero-order chi connectivity index (χ0) is 20.1. The molecule has 4 rings (SSSR count). The quantitative estimate of drug-likeness (QED) is 0.840. The average Bonchev–Trinajstić information content (AvgIpc) is 3.16. The van der Waals surface area contributed by atoms with Crippen molar-refractivity contribution in [3.05, 3.63) is 18.2 Å². The molecule has 2 amide bonds. The molecule has 0 aliphatic carbocycles. The lowest BCUT2D eigenvalue weighted by atomic mass is 9.95. The molecule has 1 N–H and O–H groups in total. The van der Waals surface area contributed by atoms with E-state index in [1.165, 1.54) is 19.3 Å². The summed E-state index contributed by atoms with van der Waals surface area (Å²) in [5.41, 5.74) is 0.730. The SMILES string of the molecule is O=C(Nc1ccc2c(c1)OCO2)C1CCN(CC(=O)N2CCCCCCC2)CC1. The van der Waals surface area contributed by atoms with Crippen LogP contribution in [0.3, 0.4) is 0 Å². The third-order valence-electron chi connectivity index (χ3n) is 6.17. The van der Waals surface area contributed by atoms with Crippen LogP contribution in [0.4, 0.5) is 5.69 Å². The third-order valence-corrected chi connectivity index (χ3v) is 6.17. The summed E-state index contributed by atoms with van der Waals surface area (Å²) in [5, 5.41) is 2.99. The maximum absolute atomic E-state index is 12.7. The van der Waals surface area contributed by atoms with Gasteiger partial charge in [-0.25, -0.2) is 0 Å². The molecule has 0 unspecified atom stereocenters. The van der Waals surface area contributed by atoms with Gasteiger partial charge in [0.05, 0.1) is 6.54 Å². The molecule has 0 saturated carbocycles. The fourth-order valence-electron chi connectivity index (χ4n) is 4.36. The van der Waals surface area contributed by atoms with Crippen LogP contribution in [0.5, 0.6) is 11.5 Å². The van der Waals surface area contributed by atoms with Crippen LogP contribution in [0.2, 0.25) is 0 Å². The lowest BCUT2D eigenvalue weighted by Gasteiger charge is -2.33. The predicted octanol–water partition coefficient (Wildman–Crippen LogP) is 2.86. The van der Waals surface area contributed by atoms with Crippen molar-refractivity contribution in [1.82, 2.24) is 9.80 Å². The highest BCUT2D eigenvalue weighted by Gasteiger charge is 2.27. The van der Waals surface area contributed by atoms with E-state index in [4.69, 9.17) is 9.47 Å². The Balaban J connectivity index is 1.22. The third kappa shape index (κ3) is 5.21. The molecule has 1 aromatic rings. The summed E-state index contributed by atoms with van der Waals surface area (Å²) >= 11 is 0. The molecule has 3 aliphatic rings. The Morgan fingerprint density at radius 2 is 1.62 bits per heavy atom. The molecule has 1 aromatic carbocycles. The van der Waals surface area contributed by atoms with Crippen LogP contribution in [0.15, 0.2) is 18.2 Å². The number of nitrogens with one attached hydrogen (secondary N) is 1. The molecule has 7 nitrogen and oxygen atoms in total. The number of fused-ring (bicyclic) bond motifs is 1. The zero-order valence-electron chi connectivity index (χ0n) is 17.0. The zero-order valence-corrected chi connectivity index (χ0v) is 17.0. The predicted molar refractivity (Wildman–Crippen MR) is 110 cm³/mol. The Morgan fingerprint density at radius 3 is 2.38 bits per heavy atom. The van der Waals surface area contributed by atoms with E-state index in [-0.39, 0.29) is 24.5 Å². The second-order valence-corrected chi connectivity index (χ2v) is 8.26. The number of likely N-dealkylation sites (tertiary alicyclic amines) is 2. The normalized spacial score (nSPS) is 20.8. The Kier molecular flexibility index (Phi) is 6.54. The van der Waals surface area contributed by atoms with Crippen molar-refractivity contribution in [1.29, 1.82) is 0 Å². The number of hydrogen-bond donors (Lipinski definition) is 1. The highest BCUT2D eigenvalue weighted by Crippen LogP contribution is 2.34. The number of benzene rings is 1. The lowest BCUT2D eigenvalue weighted by Crippen LogP contribution is -2.45. The first kappa shape index (κ1) is 20.0. The monoisotopic (exact) mass is 401 g/mol. The van der Waals surface area contributed by atoms with Gasteiger partial charge in [0.25, 0.3) is 0 Å². The van der Waals surface area contributed by atoms with Crippen molar-refractivity contribution in [2.75, 3.05) is 44.8 Å². The van der Waals surface area contributed by atoms with E-state index in [9.17, 15) is 9.59 Å². The van der Waals surface area contributed by atoms with E-state index in [1.807, 2.05) is 17.0 Å². The fraction of sp³-hybridized carbons (Fsp3) is 0.636. The van der Waals surface area contributed by atoms with E-state index in [2.05, 4.69) is 10.2 Å². The molecule has 29 heavy (non-hydrogen) atoms. The number of anilines is 1. The van der Waals surface area contributed by atoms with Gasteiger partial charge in [0.2, 0.25) is 18.6 Å². The van der Waals surface area contributed by atoms with Crippen LogP contribution in [0.1, 0.15) is 44.9 Å². The van der Waals surface area contributed by atoms with Crippen LogP contribution in [-0.4, -0.2) is 61.1 Å². The van der Waals surface area contributed by atoms with E-state index in [0.29, 0.717) is 18.0 Å². The first-order chi connectivity index (χ1) is 14.2. The van der Waals surface area contributed by atoms with Gasteiger partial charge < -0.3 is 19.7 Å². The highest BCUT2D eigenvalue weighted by atomic mass is 16.7. The van der Waals surface area contributed by atoms with Crippen molar-refractivity contribution >= 4 is 17.5 Å². The van der Waals surface area contributed by atoms with Gasteiger partial charge in [-0.2, -0.15) is 0 Å². The Labute approximate surface area is 172 Å². The smallest absolute Gasteiger partial charge is 0.236 e. The molecule has 2 fully saturated rings. The molecule has 3 heterocycles. The van der Waals surface area contributed by atoms with Crippen molar-refractivity contribution in [3.8, 4) is 11.5 Å². The topological polar surface area (TPSA) is 71.1 Å². The molecular formula is C22H31N3O4. The van der Waals surface area contributed by atoms with Crippen molar-refractivity contribution < 1.29 is 19.1 Å². The molecular weight excluding hydrogens is 370 g/mol. The van der Waals surface area contributed by atoms with Crippen molar-refractivity contribution in [3.63, 3.8) is 0 Å². The van der Waals surface area contributed by atoms with Gasteiger partial charge >= 0.3 is 0 Å². The number of rotatable bonds is 4. The fourth-order valence-corrected chi connectivity index (χ4v) is 4.36.